The van der Waals surface area contributed by atoms with E-state index in [0.717, 1.165) is 29.8 Å². The molecule has 8 heteroatoms. The summed E-state index contributed by atoms with van der Waals surface area (Å²) in [5, 5.41) is 7.66. The second-order valence-electron chi connectivity index (χ2n) is 8.32. The fourth-order valence-corrected chi connectivity index (χ4v) is 3.80. The SMILES string of the molecule is CCc1nn(C[C@@H](C)COC(=O)c2ccc(C)cc2F)c2c1C(=O)NCCCOCCC2. The molecule has 3 rings (SSSR count). The van der Waals surface area contributed by atoms with Gasteiger partial charge < -0.3 is 14.8 Å². The summed E-state index contributed by atoms with van der Waals surface area (Å²) in [4.78, 5) is 25.1. The van der Waals surface area contributed by atoms with E-state index < -0.39 is 11.8 Å². The van der Waals surface area contributed by atoms with Gasteiger partial charge in [-0.05, 0) is 50.3 Å². The van der Waals surface area contributed by atoms with Gasteiger partial charge in [0.2, 0.25) is 0 Å². The number of nitrogens with zero attached hydrogens (tertiary/aromatic N) is 2. The number of aryl methyl sites for hydroxylation is 2. The van der Waals surface area contributed by atoms with Crippen LogP contribution in [0.1, 0.15) is 64.4 Å². The Morgan fingerprint density at radius 2 is 2.12 bits per heavy atom. The van der Waals surface area contributed by atoms with Gasteiger partial charge in [-0.15, -0.1) is 0 Å². The number of hydrogen-bond acceptors (Lipinski definition) is 5. The molecule has 2 heterocycles. The van der Waals surface area contributed by atoms with Crippen molar-refractivity contribution in [3.63, 3.8) is 0 Å². The number of ether oxygens (including phenoxy) is 2. The summed E-state index contributed by atoms with van der Waals surface area (Å²) in [6.07, 6.45) is 2.90. The Labute approximate surface area is 188 Å². The van der Waals surface area contributed by atoms with Crippen molar-refractivity contribution in [3.05, 3.63) is 52.1 Å². The number of carbonyl (C=O) groups is 2. The number of rotatable bonds is 6. The molecule has 174 valence electrons. The topological polar surface area (TPSA) is 82.5 Å². The first-order valence-electron chi connectivity index (χ1n) is 11.3. The van der Waals surface area contributed by atoms with Gasteiger partial charge in [0, 0.05) is 32.2 Å². The molecule has 7 nitrogen and oxygen atoms in total. The number of halogens is 1. The highest BCUT2D eigenvalue weighted by atomic mass is 19.1. The molecule has 0 bridgehead atoms. The van der Waals surface area contributed by atoms with E-state index in [2.05, 4.69) is 5.32 Å². The first-order chi connectivity index (χ1) is 15.4. The van der Waals surface area contributed by atoms with Crippen molar-refractivity contribution in [2.45, 2.75) is 53.0 Å². The molecule has 1 aromatic heterocycles. The van der Waals surface area contributed by atoms with Gasteiger partial charge in [-0.25, -0.2) is 9.18 Å². The third-order valence-corrected chi connectivity index (χ3v) is 5.47. The molecule has 0 spiro atoms. The average Bonchev–Trinajstić information content (AvgIpc) is 3.08. The van der Waals surface area contributed by atoms with Gasteiger partial charge in [0.05, 0.1) is 29.1 Å². The minimum absolute atomic E-state index is 0.0691. The number of benzene rings is 1. The lowest BCUT2D eigenvalue weighted by atomic mass is 10.1. The highest BCUT2D eigenvalue weighted by Gasteiger charge is 2.24. The molecule has 0 unspecified atom stereocenters. The molecule has 1 aromatic carbocycles. The van der Waals surface area contributed by atoms with Crippen LogP contribution in [0.25, 0.3) is 0 Å². The van der Waals surface area contributed by atoms with Crippen molar-refractivity contribution in [1.29, 1.82) is 0 Å². The minimum Gasteiger partial charge on any atom is -0.462 e. The van der Waals surface area contributed by atoms with E-state index in [1.165, 1.54) is 12.1 Å². The van der Waals surface area contributed by atoms with Crippen LogP contribution >= 0.6 is 0 Å². The molecule has 1 aliphatic heterocycles. The lowest BCUT2D eigenvalue weighted by Gasteiger charge is -2.15. The van der Waals surface area contributed by atoms with Crippen molar-refractivity contribution in [2.75, 3.05) is 26.4 Å². The molecule has 32 heavy (non-hydrogen) atoms. The maximum Gasteiger partial charge on any atom is 0.341 e. The quantitative estimate of drug-likeness (QED) is 0.689. The van der Waals surface area contributed by atoms with Crippen LogP contribution in [-0.4, -0.2) is 48.0 Å². The van der Waals surface area contributed by atoms with Crippen molar-refractivity contribution < 1.29 is 23.5 Å². The maximum atomic E-state index is 14.0. The third kappa shape index (κ3) is 5.94. The Morgan fingerprint density at radius 1 is 1.34 bits per heavy atom. The number of esters is 1. The molecule has 0 fully saturated rings. The van der Waals surface area contributed by atoms with E-state index in [1.807, 2.05) is 18.5 Å². The van der Waals surface area contributed by atoms with Crippen molar-refractivity contribution in [2.24, 2.45) is 5.92 Å². The van der Waals surface area contributed by atoms with Gasteiger partial charge in [-0.1, -0.05) is 19.9 Å². The monoisotopic (exact) mass is 445 g/mol. The van der Waals surface area contributed by atoms with Gasteiger partial charge >= 0.3 is 5.97 Å². The van der Waals surface area contributed by atoms with E-state index in [9.17, 15) is 14.0 Å². The van der Waals surface area contributed by atoms with Crippen LogP contribution in [0.4, 0.5) is 4.39 Å². The zero-order valence-corrected chi connectivity index (χ0v) is 19.1. The lowest BCUT2D eigenvalue weighted by Crippen LogP contribution is -2.27. The summed E-state index contributed by atoms with van der Waals surface area (Å²) in [6.45, 7) is 8.12. The zero-order valence-electron chi connectivity index (χ0n) is 19.1. The van der Waals surface area contributed by atoms with Gasteiger partial charge in [-0.3, -0.25) is 9.48 Å². The first-order valence-corrected chi connectivity index (χ1v) is 11.3. The van der Waals surface area contributed by atoms with Gasteiger partial charge in [0.1, 0.15) is 5.82 Å². The molecular formula is C24H32FN3O4. The van der Waals surface area contributed by atoms with Crippen molar-refractivity contribution in [1.82, 2.24) is 15.1 Å². The van der Waals surface area contributed by atoms with Gasteiger partial charge in [-0.2, -0.15) is 5.10 Å². The molecular weight excluding hydrogens is 413 g/mol. The number of fused-ring (bicyclic) bond motifs is 1. The summed E-state index contributed by atoms with van der Waals surface area (Å²) < 4.78 is 26.9. The Balaban J connectivity index is 1.71. The van der Waals surface area contributed by atoms with Crippen LogP contribution in [0.3, 0.4) is 0 Å². The fraction of sp³-hybridized carbons (Fsp3) is 0.542. The van der Waals surface area contributed by atoms with E-state index in [-0.39, 0.29) is 24.0 Å². The number of aromatic nitrogens is 2. The Bertz CT molecular complexity index is 957. The standard InChI is InChI=1S/C24H32FN3O4/c1-4-20-22-21(7-5-11-31-12-6-10-26-23(22)29)28(27-20)14-17(3)15-32-24(30)18-9-8-16(2)13-19(18)25/h8-9,13,17H,4-7,10-12,14-15H2,1-3H3,(H,26,29)/t17-/m1/s1. The van der Waals surface area contributed by atoms with E-state index in [1.54, 1.807) is 13.0 Å². The largest absolute Gasteiger partial charge is 0.462 e. The molecule has 1 aliphatic rings. The molecule has 1 atom stereocenters. The first kappa shape index (κ1) is 23.9. The number of amides is 1. The average molecular weight is 446 g/mol. The molecule has 0 aliphatic carbocycles. The minimum atomic E-state index is -0.681. The van der Waals surface area contributed by atoms with Crippen LogP contribution in [0.2, 0.25) is 0 Å². The molecule has 1 amide bonds. The van der Waals surface area contributed by atoms with Crippen molar-refractivity contribution in [3.8, 4) is 0 Å². The summed E-state index contributed by atoms with van der Waals surface area (Å²) in [7, 11) is 0. The maximum absolute atomic E-state index is 14.0. The Kier molecular flexibility index (Phi) is 8.39. The molecule has 2 aromatic rings. The number of nitrogens with one attached hydrogen (secondary N) is 1. The fourth-order valence-electron chi connectivity index (χ4n) is 3.80. The van der Waals surface area contributed by atoms with Gasteiger partial charge in [0.25, 0.3) is 5.91 Å². The van der Waals surface area contributed by atoms with Crippen LogP contribution in [0.15, 0.2) is 18.2 Å². The Morgan fingerprint density at radius 3 is 2.88 bits per heavy atom. The summed E-state index contributed by atoms with van der Waals surface area (Å²) >= 11 is 0. The summed E-state index contributed by atoms with van der Waals surface area (Å²) in [6, 6.07) is 4.44. The van der Waals surface area contributed by atoms with E-state index in [0.29, 0.717) is 44.7 Å². The van der Waals surface area contributed by atoms with Crippen LogP contribution < -0.4 is 5.32 Å². The predicted molar refractivity (Wildman–Crippen MR) is 118 cm³/mol. The second-order valence-corrected chi connectivity index (χ2v) is 8.32. The lowest BCUT2D eigenvalue weighted by molar-refractivity contribution is 0.0430. The predicted octanol–water partition coefficient (Wildman–Crippen LogP) is 3.47. The molecule has 0 saturated carbocycles. The van der Waals surface area contributed by atoms with Crippen LogP contribution in [0.5, 0.6) is 0 Å². The van der Waals surface area contributed by atoms with Crippen LogP contribution in [-0.2, 0) is 28.9 Å². The molecule has 0 radical (unpaired) electrons. The highest BCUT2D eigenvalue weighted by Crippen LogP contribution is 2.20. The normalized spacial score (nSPS) is 15.9. The highest BCUT2D eigenvalue weighted by molar-refractivity contribution is 5.96. The number of hydrogen-bond donors (Lipinski definition) is 1. The van der Waals surface area contributed by atoms with E-state index >= 15 is 0 Å². The van der Waals surface area contributed by atoms with E-state index in [4.69, 9.17) is 14.6 Å². The van der Waals surface area contributed by atoms with Gasteiger partial charge in [0.15, 0.2) is 0 Å². The molecule has 1 N–H and O–H groups in total. The third-order valence-electron chi connectivity index (χ3n) is 5.47. The Hall–Kier alpha value is -2.74. The zero-order chi connectivity index (χ0) is 23.1. The smallest absolute Gasteiger partial charge is 0.341 e. The summed E-state index contributed by atoms with van der Waals surface area (Å²) in [5.74, 6) is -1.43. The summed E-state index contributed by atoms with van der Waals surface area (Å²) in [5.41, 5.74) is 2.97. The number of carbonyl (C=O) groups excluding carboxylic acids is 2. The van der Waals surface area contributed by atoms with Crippen LogP contribution in [0, 0.1) is 18.7 Å². The molecule has 0 saturated heterocycles. The second kappa shape index (κ2) is 11.2. The van der Waals surface area contributed by atoms with Crippen molar-refractivity contribution >= 4 is 11.9 Å².